The fourth-order valence-corrected chi connectivity index (χ4v) is 3.14. The second-order valence-corrected chi connectivity index (χ2v) is 5.95. The zero-order valence-electron chi connectivity index (χ0n) is 11.4. The summed E-state index contributed by atoms with van der Waals surface area (Å²) in [5.41, 5.74) is 3.11. The monoisotopic (exact) mass is 264 g/mol. The van der Waals surface area contributed by atoms with Gasteiger partial charge in [0.2, 0.25) is 0 Å². The molecule has 0 aromatic heterocycles. The Balaban J connectivity index is 1.99. The number of hydrogen-bond acceptors (Lipinski definition) is 1. The van der Waals surface area contributed by atoms with Gasteiger partial charge in [0.05, 0.1) is 0 Å². The van der Waals surface area contributed by atoms with Gasteiger partial charge < -0.3 is 4.74 Å². The van der Waals surface area contributed by atoms with Crippen LogP contribution in [0.2, 0.25) is 0 Å². The quantitative estimate of drug-likeness (QED) is 0.567. The summed E-state index contributed by atoms with van der Waals surface area (Å²) in [4.78, 5) is 0. The molecule has 0 bridgehead atoms. The van der Waals surface area contributed by atoms with Gasteiger partial charge in [0, 0.05) is 5.88 Å². The number of para-hydroxylation sites is 1. The van der Waals surface area contributed by atoms with Gasteiger partial charge in [-0.3, -0.25) is 0 Å². The molecule has 0 heterocycles. The van der Waals surface area contributed by atoms with Crippen molar-refractivity contribution in [3.63, 3.8) is 0 Å². The van der Waals surface area contributed by atoms with E-state index in [2.05, 4.69) is 20.8 Å². The van der Waals surface area contributed by atoms with E-state index in [9.17, 15) is 0 Å². The van der Waals surface area contributed by atoms with Gasteiger partial charge in [-0.25, -0.2) is 0 Å². The molecule has 0 spiro atoms. The zero-order chi connectivity index (χ0) is 13.2. The maximum Gasteiger partial charge on any atom is 0.119 e. The lowest BCUT2D eigenvalue weighted by Crippen LogP contribution is -2.40. The Morgan fingerprint density at radius 1 is 1.33 bits per heavy atom. The molecule has 0 aliphatic heterocycles. The Morgan fingerprint density at radius 3 is 2.56 bits per heavy atom. The van der Waals surface area contributed by atoms with Crippen LogP contribution in [-0.4, -0.2) is 12.5 Å². The minimum absolute atomic E-state index is 0.242. The third kappa shape index (κ3) is 2.56. The lowest BCUT2D eigenvalue weighted by atomic mass is 9.58. The van der Waals surface area contributed by atoms with Crippen LogP contribution in [0.15, 0.2) is 41.5 Å². The van der Waals surface area contributed by atoms with E-state index in [1.54, 1.807) is 0 Å². The molecular weight excluding hydrogens is 244 g/mol. The van der Waals surface area contributed by atoms with E-state index < -0.39 is 0 Å². The number of halogens is 1. The van der Waals surface area contributed by atoms with Crippen molar-refractivity contribution in [1.82, 2.24) is 0 Å². The van der Waals surface area contributed by atoms with Gasteiger partial charge in [-0.15, -0.1) is 11.6 Å². The molecule has 1 fully saturated rings. The van der Waals surface area contributed by atoms with Gasteiger partial charge >= 0.3 is 0 Å². The maximum absolute atomic E-state index is 5.98. The van der Waals surface area contributed by atoms with Crippen LogP contribution in [0.3, 0.4) is 0 Å². The summed E-state index contributed by atoms with van der Waals surface area (Å²) >= 11 is 5.98. The van der Waals surface area contributed by atoms with E-state index in [1.165, 1.54) is 11.1 Å². The van der Waals surface area contributed by atoms with Gasteiger partial charge in [-0.2, -0.15) is 0 Å². The van der Waals surface area contributed by atoms with Crippen LogP contribution in [0, 0.1) is 11.3 Å². The third-order valence-corrected chi connectivity index (χ3v) is 4.52. The van der Waals surface area contributed by atoms with Crippen molar-refractivity contribution in [3.8, 4) is 5.75 Å². The van der Waals surface area contributed by atoms with Gasteiger partial charge in [0.25, 0.3) is 0 Å². The number of hydrogen-bond donors (Lipinski definition) is 0. The molecule has 0 N–H and O–H groups in total. The average Bonchev–Trinajstić information content (AvgIpc) is 2.37. The van der Waals surface area contributed by atoms with Crippen molar-refractivity contribution in [2.45, 2.75) is 27.2 Å². The van der Waals surface area contributed by atoms with Crippen LogP contribution >= 0.6 is 11.6 Å². The summed E-state index contributed by atoms with van der Waals surface area (Å²) < 4.78 is 5.80. The molecule has 98 valence electrons. The minimum atomic E-state index is 0.242. The topological polar surface area (TPSA) is 9.23 Å². The molecule has 1 unspecified atom stereocenters. The highest BCUT2D eigenvalue weighted by molar-refractivity contribution is 6.18. The van der Waals surface area contributed by atoms with Crippen LogP contribution in [0.1, 0.15) is 27.2 Å². The number of ether oxygens (including phenoxy) is 1. The van der Waals surface area contributed by atoms with Gasteiger partial charge in [-0.1, -0.05) is 37.6 Å². The molecule has 18 heavy (non-hydrogen) atoms. The van der Waals surface area contributed by atoms with Crippen LogP contribution in [0.5, 0.6) is 5.75 Å². The highest BCUT2D eigenvalue weighted by Gasteiger charge is 2.43. The zero-order valence-corrected chi connectivity index (χ0v) is 12.1. The second-order valence-electron chi connectivity index (χ2n) is 5.64. The Kier molecular flexibility index (Phi) is 4.01. The molecule has 1 aliphatic carbocycles. The Labute approximate surface area is 115 Å². The molecule has 0 saturated heterocycles. The first kappa shape index (κ1) is 13.5. The van der Waals surface area contributed by atoms with E-state index in [-0.39, 0.29) is 5.41 Å². The average molecular weight is 265 g/mol. The SMILES string of the molecule is C/C(COc1ccccc1)=C1/CC(CCl)C1(C)C. The van der Waals surface area contributed by atoms with Gasteiger partial charge in [0.1, 0.15) is 12.4 Å². The highest BCUT2D eigenvalue weighted by Crippen LogP contribution is 2.52. The summed E-state index contributed by atoms with van der Waals surface area (Å²) in [5.74, 6) is 2.30. The molecule has 2 rings (SSSR count). The molecular formula is C16H21ClO. The Morgan fingerprint density at radius 2 is 2.00 bits per heavy atom. The van der Waals surface area contributed by atoms with Crippen LogP contribution in [0.25, 0.3) is 0 Å². The van der Waals surface area contributed by atoms with E-state index in [0.717, 1.165) is 18.1 Å². The molecule has 0 amide bonds. The normalized spacial score (nSPS) is 24.3. The van der Waals surface area contributed by atoms with Crippen LogP contribution < -0.4 is 4.74 Å². The van der Waals surface area contributed by atoms with Crippen LogP contribution in [0.4, 0.5) is 0 Å². The van der Waals surface area contributed by atoms with Crippen molar-refractivity contribution >= 4 is 11.6 Å². The number of benzene rings is 1. The molecule has 1 atom stereocenters. The summed E-state index contributed by atoms with van der Waals surface area (Å²) in [6.45, 7) is 7.41. The van der Waals surface area contributed by atoms with E-state index in [4.69, 9.17) is 16.3 Å². The molecule has 2 heteroatoms. The number of alkyl halides is 1. The molecule has 1 nitrogen and oxygen atoms in total. The van der Waals surface area contributed by atoms with Crippen molar-refractivity contribution in [1.29, 1.82) is 0 Å². The van der Waals surface area contributed by atoms with Crippen molar-refractivity contribution < 1.29 is 4.74 Å². The number of allylic oxidation sites excluding steroid dienone is 1. The Hall–Kier alpha value is -0.950. The summed E-state index contributed by atoms with van der Waals surface area (Å²) in [5, 5.41) is 0. The van der Waals surface area contributed by atoms with Gasteiger partial charge in [0.15, 0.2) is 0 Å². The highest BCUT2D eigenvalue weighted by atomic mass is 35.5. The van der Waals surface area contributed by atoms with Crippen molar-refractivity contribution in [3.05, 3.63) is 41.5 Å². The lowest BCUT2D eigenvalue weighted by molar-refractivity contribution is 0.183. The molecule has 1 saturated carbocycles. The van der Waals surface area contributed by atoms with E-state index in [1.807, 2.05) is 30.3 Å². The third-order valence-electron chi connectivity index (χ3n) is 4.15. The molecule has 0 radical (unpaired) electrons. The summed E-state index contributed by atoms with van der Waals surface area (Å²) in [6, 6.07) is 9.97. The largest absolute Gasteiger partial charge is 0.489 e. The van der Waals surface area contributed by atoms with E-state index >= 15 is 0 Å². The van der Waals surface area contributed by atoms with Crippen molar-refractivity contribution in [2.24, 2.45) is 11.3 Å². The fraction of sp³-hybridized carbons (Fsp3) is 0.500. The summed E-state index contributed by atoms with van der Waals surface area (Å²) in [6.07, 6.45) is 1.13. The maximum atomic E-state index is 5.98. The van der Waals surface area contributed by atoms with E-state index in [0.29, 0.717) is 12.5 Å². The lowest BCUT2D eigenvalue weighted by Gasteiger charge is -2.48. The summed E-state index contributed by atoms with van der Waals surface area (Å²) in [7, 11) is 0. The van der Waals surface area contributed by atoms with Gasteiger partial charge in [-0.05, 0) is 42.4 Å². The Bertz CT molecular complexity index is 434. The van der Waals surface area contributed by atoms with Crippen molar-refractivity contribution in [2.75, 3.05) is 12.5 Å². The minimum Gasteiger partial charge on any atom is -0.489 e. The molecule has 1 aromatic carbocycles. The second kappa shape index (κ2) is 5.36. The first-order valence-electron chi connectivity index (χ1n) is 6.48. The molecule has 1 aromatic rings. The predicted octanol–water partition coefficient (Wildman–Crippen LogP) is 4.67. The first-order valence-corrected chi connectivity index (χ1v) is 7.02. The molecule has 1 aliphatic rings. The fourth-order valence-electron chi connectivity index (χ4n) is 2.65. The standard InChI is InChI=1S/C16H21ClO/c1-12(11-18-14-7-5-4-6-8-14)15-9-13(10-17)16(15,2)3/h4-8,13H,9-11H2,1-3H3/b15-12+. The predicted molar refractivity (Wildman–Crippen MR) is 77.2 cm³/mol. The van der Waals surface area contributed by atoms with Crippen LogP contribution in [-0.2, 0) is 0 Å². The number of rotatable bonds is 4. The smallest absolute Gasteiger partial charge is 0.119 e. The first-order chi connectivity index (χ1) is 8.55.